The van der Waals surface area contributed by atoms with Crippen LogP contribution in [0.5, 0.6) is 0 Å². The number of nitrogens with one attached hydrogen (secondary N) is 1. The number of hydrogen-bond donors (Lipinski definition) is 2. The Bertz CT molecular complexity index is 504. The zero-order valence-electron chi connectivity index (χ0n) is 9.62. The van der Waals surface area contributed by atoms with Gasteiger partial charge in [-0.1, -0.05) is 29.8 Å². The van der Waals surface area contributed by atoms with Gasteiger partial charge in [-0.05, 0) is 37.6 Å². The molecule has 2 aromatic rings. The van der Waals surface area contributed by atoms with Gasteiger partial charge in [0.2, 0.25) is 0 Å². The highest BCUT2D eigenvalue weighted by Crippen LogP contribution is 2.25. The topological polar surface area (TPSA) is 38.0 Å². The monoisotopic (exact) mass is 212 g/mol. The summed E-state index contributed by atoms with van der Waals surface area (Å²) in [7, 11) is 0. The molecular formula is C14H16N2. The van der Waals surface area contributed by atoms with Crippen LogP contribution in [-0.2, 0) is 0 Å². The van der Waals surface area contributed by atoms with Crippen LogP contribution in [0.1, 0.15) is 11.1 Å². The summed E-state index contributed by atoms with van der Waals surface area (Å²) < 4.78 is 0. The van der Waals surface area contributed by atoms with Crippen LogP contribution in [0.2, 0.25) is 0 Å². The molecule has 3 N–H and O–H groups in total. The van der Waals surface area contributed by atoms with Gasteiger partial charge < -0.3 is 11.1 Å². The fraction of sp³-hybridized carbons (Fsp3) is 0.143. The summed E-state index contributed by atoms with van der Waals surface area (Å²) in [5, 5.41) is 3.34. The predicted octanol–water partition coefficient (Wildman–Crippen LogP) is 3.63. The highest BCUT2D eigenvalue weighted by molar-refractivity contribution is 5.73. The first-order valence-corrected chi connectivity index (χ1v) is 5.35. The fourth-order valence-corrected chi connectivity index (χ4v) is 1.71. The summed E-state index contributed by atoms with van der Waals surface area (Å²) in [5.41, 5.74) is 11.2. The normalized spacial score (nSPS) is 10.1. The first-order valence-electron chi connectivity index (χ1n) is 5.35. The maximum atomic E-state index is 5.89. The minimum atomic E-state index is 0.766. The van der Waals surface area contributed by atoms with E-state index < -0.39 is 0 Å². The number of anilines is 3. The van der Waals surface area contributed by atoms with Gasteiger partial charge in [-0.15, -0.1) is 0 Å². The van der Waals surface area contributed by atoms with E-state index >= 15 is 0 Å². The van der Waals surface area contributed by atoms with Crippen molar-refractivity contribution in [3.05, 3.63) is 53.6 Å². The van der Waals surface area contributed by atoms with E-state index in [-0.39, 0.29) is 0 Å². The van der Waals surface area contributed by atoms with Crippen molar-refractivity contribution in [1.82, 2.24) is 0 Å². The highest BCUT2D eigenvalue weighted by atomic mass is 14.9. The van der Waals surface area contributed by atoms with E-state index in [0.717, 1.165) is 17.1 Å². The molecule has 2 heteroatoms. The lowest BCUT2D eigenvalue weighted by Crippen LogP contribution is -1.97. The molecule has 0 aliphatic rings. The predicted molar refractivity (Wildman–Crippen MR) is 70.1 cm³/mol. The van der Waals surface area contributed by atoms with Gasteiger partial charge in [-0.25, -0.2) is 0 Å². The van der Waals surface area contributed by atoms with Gasteiger partial charge >= 0.3 is 0 Å². The zero-order valence-corrected chi connectivity index (χ0v) is 9.62. The molecule has 0 aliphatic carbocycles. The van der Waals surface area contributed by atoms with Crippen LogP contribution in [-0.4, -0.2) is 0 Å². The molecule has 0 fully saturated rings. The molecule has 0 saturated heterocycles. The van der Waals surface area contributed by atoms with Crippen molar-refractivity contribution in [3.8, 4) is 0 Å². The number of nitrogen functional groups attached to an aromatic ring is 1. The van der Waals surface area contributed by atoms with Crippen LogP contribution in [0.15, 0.2) is 42.5 Å². The third-order valence-corrected chi connectivity index (χ3v) is 2.61. The molecule has 0 bridgehead atoms. The van der Waals surface area contributed by atoms with Gasteiger partial charge in [0.1, 0.15) is 0 Å². The Morgan fingerprint density at radius 2 is 1.69 bits per heavy atom. The molecule has 0 aromatic heterocycles. The average molecular weight is 212 g/mol. The van der Waals surface area contributed by atoms with Crippen molar-refractivity contribution in [3.63, 3.8) is 0 Å². The molecular weight excluding hydrogens is 196 g/mol. The highest BCUT2D eigenvalue weighted by Gasteiger charge is 2.01. The van der Waals surface area contributed by atoms with E-state index in [4.69, 9.17) is 5.73 Å². The van der Waals surface area contributed by atoms with Crippen molar-refractivity contribution < 1.29 is 0 Å². The van der Waals surface area contributed by atoms with Crippen LogP contribution in [0.25, 0.3) is 0 Å². The molecule has 2 rings (SSSR count). The molecule has 0 atom stereocenters. The largest absolute Gasteiger partial charge is 0.397 e. The van der Waals surface area contributed by atoms with Gasteiger partial charge in [-0.3, -0.25) is 0 Å². The van der Waals surface area contributed by atoms with E-state index in [1.807, 2.05) is 24.3 Å². The van der Waals surface area contributed by atoms with Gasteiger partial charge in [0, 0.05) is 5.69 Å². The average Bonchev–Trinajstić information content (AvgIpc) is 2.25. The number of aryl methyl sites for hydroxylation is 2. The van der Waals surface area contributed by atoms with Crippen molar-refractivity contribution in [2.24, 2.45) is 0 Å². The van der Waals surface area contributed by atoms with E-state index in [1.54, 1.807) is 0 Å². The van der Waals surface area contributed by atoms with E-state index in [9.17, 15) is 0 Å². The number of rotatable bonds is 2. The van der Waals surface area contributed by atoms with Crippen LogP contribution in [0, 0.1) is 13.8 Å². The summed E-state index contributed by atoms with van der Waals surface area (Å²) in [6, 6.07) is 14.1. The van der Waals surface area contributed by atoms with Gasteiger partial charge in [-0.2, -0.15) is 0 Å². The summed E-state index contributed by atoms with van der Waals surface area (Å²) in [5.74, 6) is 0. The van der Waals surface area contributed by atoms with Crippen LogP contribution < -0.4 is 11.1 Å². The number of nitrogens with two attached hydrogens (primary N) is 1. The third-order valence-electron chi connectivity index (χ3n) is 2.61. The van der Waals surface area contributed by atoms with E-state index in [0.29, 0.717) is 0 Å². The standard InChI is InChI=1S/C14H16N2/c1-10-7-8-13(11(2)9-10)16-14-6-4-3-5-12(14)15/h3-9,16H,15H2,1-2H3. The number of hydrogen-bond acceptors (Lipinski definition) is 2. The summed E-state index contributed by atoms with van der Waals surface area (Å²) in [6.45, 7) is 4.18. The maximum Gasteiger partial charge on any atom is 0.0617 e. The van der Waals surface area contributed by atoms with Crippen molar-refractivity contribution in [1.29, 1.82) is 0 Å². The minimum Gasteiger partial charge on any atom is -0.397 e. The minimum absolute atomic E-state index is 0.766. The smallest absolute Gasteiger partial charge is 0.0617 e. The maximum absolute atomic E-state index is 5.89. The van der Waals surface area contributed by atoms with E-state index in [2.05, 4.69) is 37.4 Å². The van der Waals surface area contributed by atoms with Gasteiger partial charge in [0.15, 0.2) is 0 Å². The quantitative estimate of drug-likeness (QED) is 0.746. The molecule has 0 amide bonds. The zero-order chi connectivity index (χ0) is 11.5. The Hall–Kier alpha value is -1.96. The second kappa shape index (κ2) is 4.27. The molecule has 0 unspecified atom stereocenters. The third kappa shape index (κ3) is 2.16. The first kappa shape index (κ1) is 10.6. The Balaban J connectivity index is 2.31. The van der Waals surface area contributed by atoms with Crippen molar-refractivity contribution in [2.45, 2.75) is 13.8 Å². The first-order chi connectivity index (χ1) is 7.66. The molecule has 0 aliphatic heterocycles. The summed E-state index contributed by atoms with van der Waals surface area (Å²) in [6.07, 6.45) is 0. The van der Waals surface area contributed by atoms with E-state index in [1.165, 1.54) is 11.1 Å². The lowest BCUT2D eigenvalue weighted by molar-refractivity contribution is 1.37. The van der Waals surface area contributed by atoms with Crippen molar-refractivity contribution >= 4 is 17.1 Å². The lowest BCUT2D eigenvalue weighted by atomic mass is 10.1. The molecule has 0 radical (unpaired) electrons. The number of para-hydroxylation sites is 2. The SMILES string of the molecule is Cc1ccc(Nc2ccccc2N)c(C)c1. The molecule has 0 spiro atoms. The fourth-order valence-electron chi connectivity index (χ4n) is 1.71. The van der Waals surface area contributed by atoms with Gasteiger partial charge in [0.05, 0.1) is 11.4 Å². The lowest BCUT2D eigenvalue weighted by Gasteiger charge is -2.11. The second-order valence-electron chi connectivity index (χ2n) is 4.03. The Labute approximate surface area is 96.1 Å². The molecule has 0 heterocycles. The molecule has 16 heavy (non-hydrogen) atoms. The van der Waals surface area contributed by atoms with Crippen LogP contribution >= 0.6 is 0 Å². The molecule has 0 saturated carbocycles. The number of benzene rings is 2. The summed E-state index contributed by atoms with van der Waals surface area (Å²) >= 11 is 0. The van der Waals surface area contributed by atoms with Crippen LogP contribution in [0.4, 0.5) is 17.1 Å². The molecule has 82 valence electrons. The summed E-state index contributed by atoms with van der Waals surface area (Å²) in [4.78, 5) is 0. The van der Waals surface area contributed by atoms with Gasteiger partial charge in [0.25, 0.3) is 0 Å². The second-order valence-corrected chi connectivity index (χ2v) is 4.03. The Morgan fingerprint density at radius 3 is 2.38 bits per heavy atom. The molecule has 2 aromatic carbocycles. The molecule has 2 nitrogen and oxygen atoms in total. The van der Waals surface area contributed by atoms with Crippen molar-refractivity contribution in [2.75, 3.05) is 11.1 Å². The van der Waals surface area contributed by atoms with Crippen LogP contribution in [0.3, 0.4) is 0 Å². The Morgan fingerprint density at radius 1 is 0.938 bits per heavy atom. The Kier molecular flexibility index (Phi) is 2.82.